The van der Waals surface area contributed by atoms with Crippen molar-refractivity contribution in [1.82, 2.24) is 19.9 Å². The average Bonchev–Trinajstić information content (AvgIpc) is 3.17. The monoisotopic (exact) mass is 344 g/mol. The van der Waals surface area contributed by atoms with Crippen molar-refractivity contribution in [3.8, 4) is 11.4 Å². The molecule has 0 spiro atoms. The molecule has 2 atom stereocenters. The number of methoxy groups -OCH3 is 1. The first-order chi connectivity index (χ1) is 11.9. The first-order valence-electron chi connectivity index (χ1n) is 8.04. The maximum Gasteiger partial charge on any atom is 0.308 e. The number of carbonyl (C=O) groups is 2. The molecule has 3 rings (SSSR count). The van der Waals surface area contributed by atoms with Crippen molar-refractivity contribution in [2.75, 3.05) is 13.7 Å². The van der Waals surface area contributed by atoms with Crippen LogP contribution in [0, 0.1) is 12.8 Å². The lowest BCUT2D eigenvalue weighted by atomic mass is 10.0. The van der Waals surface area contributed by atoms with Crippen molar-refractivity contribution in [1.29, 1.82) is 0 Å². The summed E-state index contributed by atoms with van der Waals surface area (Å²) in [6, 6.07) is 6.90. The standard InChI is InChI=1S/C17H20N4O4/c1-10-14(17(23)24)8-9-20(10)16(22)15-11(2)21(19-18-15)12-4-6-13(25-3)7-5-12/h4-7,10,14H,8-9H2,1-3H3,(H,23,24). The van der Waals surface area contributed by atoms with E-state index in [0.29, 0.717) is 18.7 Å². The van der Waals surface area contributed by atoms with Crippen molar-refractivity contribution >= 4 is 11.9 Å². The lowest BCUT2D eigenvalue weighted by Crippen LogP contribution is -2.38. The van der Waals surface area contributed by atoms with Crippen LogP contribution in [0.5, 0.6) is 5.75 Å². The Bertz CT molecular complexity index is 799. The molecule has 1 aromatic heterocycles. The minimum atomic E-state index is -0.874. The first kappa shape index (κ1) is 16.9. The summed E-state index contributed by atoms with van der Waals surface area (Å²) in [6.07, 6.45) is 0.452. The molecule has 8 nitrogen and oxygen atoms in total. The number of ether oxygens (including phenoxy) is 1. The summed E-state index contributed by atoms with van der Waals surface area (Å²) in [5, 5.41) is 17.3. The quantitative estimate of drug-likeness (QED) is 0.903. The molecule has 0 radical (unpaired) electrons. The predicted molar refractivity (Wildman–Crippen MR) is 88.9 cm³/mol. The normalized spacial score (nSPS) is 19.9. The highest BCUT2D eigenvalue weighted by Gasteiger charge is 2.39. The summed E-state index contributed by atoms with van der Waals surface area (Å²) in [5.74, 6) is -0.973. The molecule has 1 amide bonds. The zero-order valence-electron chi connectivity index (χ0n) is 14.3. The number of aliphatic carboxylic acids is 1. The van der Waals surface area contributed by atoms with Crippen LogP contribution in [0.3, 0.4) is 0 Å². The van der Waals surface area contributed by atoms with Crippen LogP contribution in [0.4, 0.5) is 0 Å². The maximum absolute atomic E-state index is 12.8. The van der Waals surface area contributed by atoms with Gasteiger partial charge in [-0.2, -0.15) is 0 Å². The smallest absolute Gasteiger partial charge is 0.308 e. The average molecular weight is 344 g/mol. The number of carboxylic acid groups (broad SMARTS) is 1. The molecule has 1 aliphatic rings. The minimum Gasteiger partial charge on any atom is -0.497 e. The Morgan fingerprint density at radius 1 is 1.28 bits per heavy atom. The summed E-state index contributed by atoms with van der Waals surface area (Å²) in [7, 11) is 1.59. The van der Waals surface area contributed by atoms with Crippen LogP contribution < -0.4 is 4.74 Å². The maximum atomic E-state index is 12.8. The number of nitrogens with zero attached hydrogens (tertiary/aromatic N) is 4. The number of likely N-dealkylation sites (tertiary alicyclic amines) is 1. The van der Waals surface area contributed by atoms with Crippen molar-refractivity contribution in [2.24, 2.45) is 5.92 Å². The molecule has 1 N–H and O–H groups in total. The molecule has 1 aliphatic heterocycles. The molecule has 0 bridgehead atoms. The lowest BCUT2D eigenvalue weighted by molar-refractivity contribution is -0.142. The van der Waals surface area contributed by atoms with Gasteiger partial charge in [0.05, 0.1) is 24.4 Å². The molecule has 1 fully saturated rings. The van der Waals surface area contributed by atoms with Gasteiger partial charge in [-0.05, 0) is 44.5 Å². The van der Waals surface area contributed by atoms with E-state index in [-0.39, 0.29) is 17.6 Å². The van der Waals surface area contributed by atoms with Crippen molar-refractivity contribution in [3.63, 3.8) is 0 Å². The molecule has 2 aromatic rings. The van der Waals surface area contributed by atoms with Gasteiger partial charge in [0, 0.05) is 12.6 Å². The van der Waals surface area contributed by atoms with Gasteiger partial charge in [0.15, 0.2) is 5.69 Å². The highest BCUT2D eigenvalue weighted by molar-refractivity contribution is 5.94. The van der Waals surface area contributed by atoms with Gasteiger partial charge in [0.2, 0.25) is 0 Å². The van der Waals surface area contributed by atoms with E-state index in [9.17, 15) is 14.7 Å². The zero-order valence-corrected chi connectivity index (χ0v) is 14.3. The summed E-state index contributed by atoms with van der Waals surface area (Å²) >= 11 is 0. The van der Waals surface area contributed by atoms with Crippen LogP contribution in [0.25, 0.3) is 5.69 Å². The molecular weight excluding hydrogens is 324 g/mol. The van der Waals surface area contributed by atoms with Crippen LogP contribution in [0.1, 0.15) is 29.5 Å². The van der Waals surface area contributed by atoms with Crippen molar-refractivity contribution in [2.45, 2.75) is 26.3 Å². The molecule has 132 valence electrons. The molecule has 25 heavy (non-hydrogen) atoms. The Labute approximate surface area is 145 Å². The van der Waals surface area contributed by atoms with Crippen molar-refractivity contribution in [3.05, 3.63) is 35.7 Å². The van der Waals surface area contributed by atoms with E-state index in [1.807, 2.05) is 12.1 Å². The van der Waals surface area contributed by atoms with Crippen LogP contribution in [-0.4, -0.2) is 56.6 Å². The van der Waals surface area contributed by atoms with Gasteiger partial charge < -0.3 is 14.7 Å². The first-order valence-corrected chi connectivity index (χ1v) is 8.04. The van der Waals surface area contributed by atoms with E-state index < -0.39 is 11.9 Å². The van der Waals surface area contributed by atoms with Crippen LogP contribution >= 0.6 is 0 Å². The number of hydrogen-bond acceptors (Lipinski definition) is 5. The Balaban J connectivity index is 1.85. The number of carbonyl (C=O) groups excluding carboxylic acids is 1. The third kappa shape index (κ3) is 2.95. The lowest BCUT2D eigenvalue weighted by Gasteiger charge is -2.22. The molecule has 2 heterocycles. The third-order valence-corrected chi connectivity index (χ3v) is 4.75. The van der Waals surface area contributed by atoms with Gasteiger partial charge in [-0.1, -0.05) is 5.21 Å². The number of hydrogen-bond donors (Lipinski definition) is 1. The number of amides is 1. The fraction of sp³-hybridized carbons (Fsp3) is 0.412. The largest absolute Gasteiger partial charge is 0.497 e. The molecule has 8 heteroatoms. The van der Waals surface area contributed by atoms with E-state index in [2.05, 4.69) is 10.3 Å². The summed E-state index contributed by atoms with van der Waals surface area (Å²) in [4.78, 5) is 25.6. The van der Waals surface area contributed by atoms with E-state index >= 15 is 0 Å². The summed E-state index contributed by atoms with van der Waals surface area (Å²) < 4.78 is 6.72. The Kier molecular flexibility index (Phi) is 4.43. The molecule has 1 aromatic carbocycles. The van der Waals surface area contributed by atoms with Gasteiger partial charge in [-0.15, -0.1) is 5.10 Å². The highest BCUT2D eigenvalue weighted by Crippen LogP contribution is 2.26. The van der Waals surface area contributed by atoms with E-state index in [1.54, 1.807) is 42.7 Å². The van der Waals surface area contributed by atoms with Crippen LogP contribution in [0.2, 0.25) is 0 Å². The van der Waals surface area contributed by atoms with Gasteiger partial charge in [-0.3, -0.25) is 9.59 Å². The number of rotatable bonds is 4. The Morgan fingerprint density at radius 3 is 2.52 bits per heavy atom. The topological polar surface area (TPSA) is 97.5 Å². The minimum absolute atomic E-state index is 0.244. The van der Waals surface area contributed by atoms with Gasteiger partial charge in [-0.25, -0.2) is 4.68 Å². The summed E-state index contributed by atoms with van der Waals surface area (Å²) in [5.41, 5.74) is 1.62. The molecule has 2 unspecified atom stereocenters. The van der Waals surface area contributed by atoms with E-state index in [0.717, 1.165) is 11.4 Å². The number of carboxylic acids is 1. The number of aromatic nitrogens is 3. The Morgan fingerprint density at radius 2 is 1.96 bits per heavy atom. The van der Waals surface area contributed by atoms with Gasteiger partial charge in [0.1, 0.15) is 5.75 Å². The predicted octanol–water partition coefficient (Wildman–Crippen LogP) is 1.52. The fourth-order valence-electron chi connectivity index (χ4n) is 3.19. The molecular formula is C17H20N4O4. The zero-order chi connectivity index (χ0) is 18.1. The summed E-state index contributed by atoms with van der Waals surface area (Å²) in [6.45, 7) is 3.94. The van der Waals surface area contributed by atoms with Crippen molar-refractivity contribution < 1.29 is 19.4 Å². The number of benzene rings is 1. The second-order valence-electron chi connectivity index (χ2n) is 6.11. The van der Waals surface area contributed by atoms with Crippen LogP contribution in [-0.2, 0) is 4.79 Å². The Hall–Kier alpha value is -2.90. The second-order valence-corrected chi connectivity index (χ2v) is 6.11. The molecule has 0 aliphatic carbocycles. The second kappa shape index (κ2) is 6.54. The van der Waals surface area contributed by atoms with E-state index in [4.69, 9.17) is 4.74 Å². The van der Waals surface area contributed by atoms with Gasteiger partial charge >= 0.3 is 5.97 Å². The fourth-order valence-corrected chi connectivity index (χ4v) is 3.19. The van der Waals surface area contributed by atoms with Crippen LogP contribution in [0.15, 0.2) is 24.3 Å². The SMILES string of the molecule is COc1ccc(-n2nnc(C(=O)N3CCC(C(=O)O)C3C)c2C)cc1. The molecule has 0 saturated carbocycles. The molecule has 1 saturated heterocycles. The highest BCUT2D eigenvalue weighted by atomic mass is 16.5. The third-order valence-electron chi connectivity index (χ3n) is 4.75. The van der Waals surface area contributed by atoms with Gasteiger partial charge in [0.25, 0.3) is 5.91 Å². The van der Waals surface area contributed by atoms with E-state index in [1.165, 1.54) is 0 Å².